The summed E-state index contributed by atoms with van der Waals surface area (Å²) in [5, 5.41) is 1.82. The van der Waals surface area contributed by atoms with Crippen molar-refractivity contribution in [3.8, 4) is 5.75 Å². The van der Waals surface area contributed by atoms with Crippen LogP contribution >= 0.6 is 15.9 Å². The Morgan fingerprint density at radius 1 is 1.38 bits per heavy atom. The molecule has 0 bridgehead atoms. The molecule has 0 aromatic heterocycles. The number of esters is 1. The number of nitrogens with one attached hydrogen (secondary N) is 1. The molecule has 0 heterocycles. The van der Waals surface area contributed by atoms with Crippen LogP contribution in [0.1, 0.15) is 13.3 Å². The number of hydrogen-bond acceptors (Lipinski definition) is 5. The number of hydrogen-bond donors (Lipinski definition) is 2. The Bertz CT molecular complexity index is 535. The van der Waals surface area contributed by atoms with Gasteiger partial charge in [-0.2, -0.15) is 0 Å². The second-order valence-electron chi connectivity index (χ2n) is 4.04. The number of halogens is 1. The number of rotatable bonds is 6. The molecule has 0 radical (unpaired) electrons. The third-order valence-corrected chi connectivity index (χ3v) is 2.79. The summed E-state index contributed by atoms with van der Waals surface area (Å²) in [4.78, 5) is 33.3. The van der Waals surface area contributed by atoms with Crippen molar-refractivity contribution in [1.82, 2.24) is 5.32 Å². The highest BCUT2D eigenvalue weighted by Crippen LogP contribution is 2.17. The number of carbonyl (C=O) groups excluding carboxylic acids is 3. The molecule has 0 spiro atoms. The lowest BCUT2D eigenvalue weighted by molar-refractivity contribution is -0.154. The second kappa shape index (κ2) is 8.25. The second-order valence-corrected chi connectivity index (χ2v) is 4.96. The fourth-order valence-electron chi connectivity index (χ4n) is 1.34. The maximum Gasteiger partial charge on any atom is 0.318 e. The van der Waals surface area contributed by atoms with Crippen LogP contribution in [0.2, 0.25) is 0 Å². The number of benzene rings is 1. The summed E-state index contributed by atoms with van der Waals surface area (Å²) in [6, 6.07) is 6.16. The standard InChI is InChI=1S/C13H15BrN2O5/c1-8(12(18)16-13(15)19)21-11(17)5-6-20-10-4-2-3-9(14)7-10/h2-4,7-8H,5-6H2,1H3,(H3,15,16,18,19)/t8-/m1/s1. The molecule has 0 aliphatic rings. The van der Waals surface area contributed by atoms with Gasteiger partial charge < -0.3 is 15.2 Å². The zero-order chi connectivity index (χ0) is 15.8. The van der Waals surface area contributed by atoms with E-state index in [1.54, 1.807) is 18.2 Å². The molecule has 0 saturated heterocycles. The Morgan fingerprint density at radius 3 is 2.71 bits per heavy atom. The summed E-state index contributed by atoms with van der Waals surface area (Å²) in [5.74, 6) is -0.780. The van der Waals surface area contributed by atoms with E-state index in [2.05, 4.69) is 15.9 Å². The number of carbonyl (C=O) groups is 3. The zero-order valence-corrected chi connectivity index (χ0v) is 12.9. The highest BCUT2D eigenvalue weighted by atomic mass is 79.9. The summed E-state index contributed by atoms with van der Waals surface area (Å²) in [6.07, 6.45) is -1.13. The van der Waals surface area contributed by atoms with E-state index in [0.29, 0.717) is 5.75 Å². The van der Waals surface area contributed by atoms with Crippen LogP contribution in [-0.4, -0.2) is 30.6 Å². The van der Waals surface area contributed by atoms with Gasteiger partial charge in [0.05, 0.1) is 13.0 Å². The fraction of sp³-hybridized carbons (Fsp3) is 0.308. The van der Waals surface area contributed by atoms with Crippen LogP contribution in [0, 0.1) is 0 Å². The van der Waals surface area contributed by atoms with Gasteiger partial charge in [0, 0.05) is 4.47 Å². The first-order valence-corrected chi connectivity index (χ1v) is 6.86. The Kier molecular flexibility index (Phi) is 6.67. The Balaban J connectivity index is 2.31. The van der Waals surface area contributed by atoms with E-state index in [9.17, 15) is 14.4 Å². The summed E-state index contributed by atoms with van der Waals surface area (Å²) >= 11 is 3.30. The van der Waals surface area contributed by atoms with Crippen LogP contribution in [0.4, 0.5) is 4.79 Å². The Morgan fingerprint density at radius 2 is 2.10 bits per heavy atom. The van der Waals surface area contributed by atoms with Crippen LogP contribution in [0.5, 0.6) is 5.75 Å². The van der Waals surface area contributed by atoms with E-state index < -0.39 is 24.0 Å². The van der Waals surface area contributed by atoms with Crippen LogP contribution in [-0.2, 0) is 14.3 Å². The lowest BCUT2D eigenvalue weighted by atomic mass is 10.3. The van der Waals surface area contributed by atoms with E-state index >= 15 is 0 Å². The molecule has 114 valence electrons. The molecule has 21 heavy (non-hydrogen) atoms. The van der Waals surface area contributed by atoms with Gasteiger partial charge in [0.2, 0.25) is 0 Å². The van der Waals surface area contributed by atoms with Crippen LogP contribution < -0.4 is 15.8 Å². The first kappa shape index (κ1) is 17.0. The van der Waals surface area contributed by atoms with E-state index in [-0.39, 0.29) is 13.0 Å². The van der Waals surface area contributed by atoms with Crippen molar-refractivity contribution in [3.05, 3.63) is 28.7 Å². The van der Waals surface area contributed by atoms with Crippen molar-refractivity contribution < 1.29 is 23.9 Å². The molecule has 1 aromatic carbocycles. The number of nitrogens with two attached hydrogens (primary N) is 1. The van der Waals surface area contributed by atoms with Crippen LogP contribution in [0.25, 0.3) is 0 Å². The van der Waals surface area contributed by atoms with Gasteiger partial charge in [-0.3, -0.25) is 14.9 Å². The molecule has 3 N–H and O–H groups in total. The molecule has 1 rings (SSSR count). The van der Waals surface area contributed by atoms with Crippen LogP contribution in [0.15, 0.2) is 28.7 Å². The molecule has 0 aliphatic heterocycles. The van der Waals surface area contributed by atoms with Crippen molar-refractivity contribution >= 4 is 33.8 Å². The average molecular weight is 359 g/mol. The lowest BCUT2D eigenvalue weighted by Gasteiger charge is -2.12. The number of ether oxygens (including phenoxy) is 2. The highest BCUT2D eigenvalue weighted by molar-refractivity contribution is 9.10. The van der Waals surface area contributed by atoms with Crippen molar-refractivity contribution in [2.45, 2.75) is 19.4 Å². The molecule has 1 aromatic rings. The van der Waals surface area contributed by atoms with Crippen molar-refractivity contribution in [3.63, 3.8) is 0 Å². The van der Waals surface area contributed by atoms with E-state index in [4.69, 9.17) is 15.2 Å². The molecule has 0 aliphatic carbocycles. The van der Waals surface area contributed by atoms with Crippen molar-refractivity contribution in [2.75, 3.05) is 6.61 Å². The minimum atomic E-state index is -1.10. The Labute approximate surface area is 129 Å². The normalized spacial score (nSPS) is 11.3. The summed E-state index contributed by atoms with van der Waals surface area (Å²) in [6.45, 7) is 1.45. The van der Waals surface area contributed by atoms with E-state index in [1.165, 1.54) is 6.92 Å². The van der Waals surface area contributed by atoms with Crippen molar-refractivity contribution in [2.24, 2.45) is 5.73 Å². The highest BCUT2D eigenvalue weighted by Gasteiger charge is 2.18. The topological polar surface area (TPSA) is 108 Å². The van der Waals surface area contributed by atoms with Gasteiger partial charge in [0.1, 0.15) is 5.75 Å². The SMILES string of the molecule is C[C@@H](OC(=O)CCOc1cccc(Br)c1)C(=O)NC(N)=O. The first-order valence-electron chi connectivity index (χ1n) is 6.06. The number of primary amides is 1. The molecular formula is C13H15BrN2O5. The minimum absolute atomic E-state index is 0.0271. The van der Waals surface area contributed by atoms with Gasteiger partial charge in [-0.05, 0) is 25.1 Å². The zero-order valence-electron chi connectivity index (χ0n) is 11.3. The Hall–Kier alpha value is -2.09. The predicted molar refractivity (Wildman–Crippen MR) is 77.5 cm³/mol. The number of urea groups is 1. The molecule has 7 nitrogen and oxygen atoms in total. The maximum atomic E-state index is 11.5. The van der Waals surface area contributed by atoms with Gasteiger partial charge in [-0.15, -0.1) is 0 Å². The molecular weight excluding hydrogens is 344 g/mol. The van der Waals surface area contributed by atoms with Crippen molar-refractivity contribution in [1.29, 1.82) is 0 Å². The lowest BCUT2D eigenvalue weighted by Crippen LogP contribution is -2.42. The number of imide groups is 1. The molecule has 0 unspecified atom stereocenters. The molecule has 0 fully saturated rings. The average Bonchev–Trinajstić information content (AvgIpc) is 2.37. The number of amides is 3. The van der Waals surface area contributed by atoms with E-state index in [1.807, 2.05) is 11.4 Å². The molecule has 0 saturated carbocycles. The molecule has 3 amide bonds. The van der Waals surface area contributed by atoms with Gasteiger partial charge in [0.15, 0.2) is 6.10 Å². The molecule has 1 atom stereocenters. The smallest absolute Gasteiger partial charge is 0.318 e. The first-order chi connectivity index (χ1) is 9.88. The third-order valence-electron chi connectivity index (χ3n) is 2.29. The minimum Gasteiger partial charge on any atom is -0.493 e. The van der Waals surface area contributed by atoms with Gasteiger partial charge >= 0.3 is 12.0 Å². The summed E-state index contributed by atoms with van der Waals surface area (Å²) in [7, 11) is 0. The largest absolute Gasteiger partial charge is 0.493 e. The van der Waals surface area contributed by atoms with Gasteiger partial charge in [0.25, 0.3) is 5.91 Å². The third kappa shape index (κ3) is 6.75. The summed E-state index contributed by atoms with van der Waals surface area (Å²) in [5.41, 5.74) is 4.78. The predicted octanol–water partition coefficient (Wildman–Crippen LogP) is 1.34. The van der Waals surface area contributed by atoms with Crippen LogP contribution in [0.3, 0.4) is 0 Å². The van der Waals surface area contributed by atoms with Gasteiger partial charge in [-0.1, -0.05) is 22.0 Å². The fourth-order valence-corrected chi connectivity index (χ4v) is 1.72. The summed E-state index contributed by atoms with van der Waals surface area (Å²) < 4.78 is 11.0. The van der Waals surface area contributed by atoms with E-state index in [0.717, 1.165) is 4.47 Å². The molecule has 8 heteroatoms. The van der Waals surface area contributed by atoms with Gasteiger partial charge in [-0.25, -0.2) is 4.79 Å². The quantitative estimate of drug-likeness (QED) is 0.746. The monoisotopic (exact) mass is 358 g/mol. The maximum absolute atomic E-state index is 11.5.